The quantitative estimate of drug-likeness (QED) is 0.172. The van der Waals surface area contributed by atoms with Crippen LogP contribution in [0.4, 0.5) is 22.7 Å². The number of nitrogens with zero attached hydrogens (tertiary/aromatic N) is 2. The lowest BCUT2D eigenvalue weighted by molar-refractivity contribution is 0.672. The molecular formula is C50H42N2. The summed E-state index contributed by atoms with van der Waals surface area (Å²) >= 11 is 0. The fourth-order valence-corrected chi connectivity index (χ4v) is 9.36. The van der Waals surface area contributed by atoms with Crippen LogP contribution in [0.3, 0.4) is 0 Å². The van der Waals surface area contributed by atoms with Crippen LogP contribution in [0.5, 0.6) is 0 Å². The minimum Gasteiger partial charge on any atom is -0.340 e. The molecule has 0 spiro atoms. The van der Waals surface area contributed by atoms with Crippen LogP contribution in [0.1, 0.15) is 52.6 Å². The highest BCUT2D eigenvalue weighted by Crippen LogP contribution is 2.51. The van der Waals surface area contributed by atoms with Gasteiger partial charge in [-0.05, 0) is 130 Å². The van der Waals surface area contributed by atoms with Crippen LogP contribution < -0.4 is 9.80 Å². The normalized spacial score (nSPS) is 19.4. The molecule has 252 valence electrons. The Bertz CT molecular complexity index is 2450. The SMILES string of the molecule is C=C/C=C(\C=C1/CN(c2ccccc2)c2cc3ccccc3cc21)C1=CC2CC(=C1)c1c3c(c4c(c1N(c1ccccc1)C2)C=CCC4)CCC=C3. The van der Waals surface area contributed by atoms with Gasteiger partial charge in [0.25, 0.3) is 0 Å². The lowest BCUT2D eigenvalue weighted by Gasteiger charge is -2.33. The number of hydrogen-bond donors (Lipinski definition) is 0. The van der Waals surface area contributed by atoms with Gasteiger partial charge in [-0.25, -0.2) is 0 Å². The molecule has 10 rings (SSSR count). The first kappa shape index (κ1) is 30.9. The molecule has 2 aliphatic heterocycles. The maximum Gasteiger partial charge on any atom is 0.0569 e. The molecule has 2 nitrogen and oxygen atoms in total. The van der Waals surface area contributed by atoms with Crippen molar-refractivity contribution in [2.45, 2.75) is 32.1 Å². The Morgan fingerprint density at radius 2 is 1.38 bits per heavy atom. The molecule has 1 atom stereocenters. The van der Waals surface area contributed by atoms with E-state index in [9.17, 15) is 0 Å². The Morgan fingerprint density at radius 1 is 0.731 bits per heavy atom. The lowest BCUT2D eigenvalue weighted by atomic mass is 9.77. The number of para-hydroxylation sites is 2. The standard InChI is InChI=1S/C50H42N2/c1-2-15-35(28-40-33-51(41-18-5-3-6-19-41)48-31-37-17-10-9-16-36(37)30-47(40)48)38-26-34-27-39(29-38)49-45-24-13-11-22-43(45)44-23-12-14-25-46(44)50(49)52(32-34)42-20-7-4-8-21-42/h2-10,13-21,24-26,28-31,34H,1,11-12,22-23,27,32-33H2/b35-15+,40-28+. The first-order valence-corrected chi connectivity index (χ1v) is 18.9. The average molecular weight is 671 g/mol. The van der Waals surface area contributed by atoms with Crippen LogP contribution in [-0.4, -0.2) is 13.1 Å². The molecule has 5 aromatic rings. The van der Waals surface area contributed by atoms with Gasteiger partial charge in [-0.1, -0.05) is 116 Å². The summed E-state index contributed by atoms with van der Waals surface area (Å²) in [6.07, 6.45) is 26.9. The topological polar surface area (TPSA) is 6.48 Å². The Hall–Kier alpha value is -5.86. The summed E-state index contributed by atoms with van der Waals surface area (Å²) in [6, 6.07) is 35.4. The molecule has 0 fully saturated rings. The van der Waals surface area contributed by atoms with Crippen molar-refractivity contribution < 1.29 is 0 Å². The smallest absolute Gasteiger partial charge is 0.0569 e. The Labute approximate surface area is 307 Å². The largest absolute Gasteiger partial charge is 0.340 e. The van der Waals surface area contributed by atoms with Crippen LogP contribution in [-0.2, 0) is 12.8 Å². The van der Waals surface area contributed by atoms with Gasteiger partial charge in [0.2, 0.25) is 0 Å². The second kappa shape index (κ2) is 12.7. The Kier molecular flexibility index (Phi) is 7.57. The van der Waals surface area contributed by atoms with E-state index in [1.807, 2.05) is 6.08 Å². The van der Waals surface area contributed by atoms with Crippen molar-refractivity contribution in [1.29, 1.82) is 0 Å². The molecule has 0 amide bonds. The van der Waals surface area contributed by atoms with Crippen LogP contribution in [0.2, 0.25) is 0 Å². The molecule has 2 bridgehead atoms. The monoisotopic (exact) mass is 670 g/mol. The predicted molar refractivity (Wildman–Crippen MR) is 222 cm³/mol. The third-order valence-electron chi connectivity index (χ3n) is 11.6. The second-order valence-electron chi connectivity index (χ2n) is 14.8. The van der Waals surface area contributed by atoms with Gasteiger partial charge >= 0.3 is 0 Å². The maximum absolute atomic E-state index is 4.21. The van der Waals surface area contributed by atoms with Crippen LogP contribution in [0, 0.1) is 5.92 Å². The summed E-state index contributed by atoms with van der Waals surface area (Å²) in [5.74, 6) is 0.362. The molecular weight excluding hydrogens is 629 g/mol. The van der Waals surface area contributed by atoms with Crippen molar-refractivity contribution >= 4 is 56.8 Å². The molecule has 0 saturated heterocycles. The number of benzene rings is 5. The zero-order valence-electron chi connectivity index (χ0n) is 29.6. The van der Waals surface area contributed by atoms with E-state index in [1.165, 1.54) is 78.1 Å². The fraction of sp³-hybridized carbons (Fsp3) is 0.160. The van der Waals surface area contributed by atoms with Gasteiger partial charge in [0, 0.05) is 46.8 Å². The first-order chi connectivity index (χ1) is 25.7. The van der Waals surface area contributed by atoms with Crippen molar-refractivity contribution in [3.63, 3.8) is 0 Å². The van der Waals surface area contributed by atoms with Crippen molar-refractivity contribution in [2.24, 2.45) is 5.92 Å². The molecule has 0 radical (unpaired) electrons. The summed E-state index contributed by atoms with van der Waals surface area (Å²) in [7, 11) is 0. The predicted octanol–water partition coefficient (Wildman–Crippen LogP) is 12.6. The molecule has 3 aliphatic carbocycles. The molecule has 5 aromatic carbocycles. The number of fused-ring (bicyclic) bond motifs is 11. The Morgan fingerprint density at radius 3 is 2.12 bits per heavy atom. The van der Waals surface area contributed by atoms with E-state index in [0.29, 0.717) is 5.92 Å². The summed E-state index contributed by atoms with van der Waals surface area (Å²) in [4.78, 5) is 5.11. The van der Waals surface area contributed by atoms with Crippen molar-refractivity contribution in [3.8, 4) is 0 Å². The zero-order valence-corrected chi connectivity index (χ0v) is 29.6. The molecule has 0 aromatic heterocycles. The highest BCUT2D eigenvalue weighted by atomic mass is 15.2. The van der Waals surface area contributed by atoms with E-state index < -0.39 is 0 Å². The van der Waals surface area contributed by atoms with Gasteiger partial charge in [-0.15, -0.1) is 0 Å². The van der Waals surface area contributed by atoms with Crippen LogP contribution in [0.25, 0.3) is 34.1 Å². The number of rotatable bonds is 5. The van der Waals surface area contributed by atoms with E-state index in [1.54, 1.807) is 11.1 Å². The molecule has 5 aliphatic rings. The summed E-state index contributed by atoms with van der Waals surface area (Å²) in [5, 5.41) is 2.54. The number of allylic oxidation sites excluding steroid dienone is 9. The maximum atomic E-state index is 4.21. The van der Waals surface area contributed by atoms with E-state index in [-0.39, 0.29) is 0 Å². The third kappa shape index (κ3) is 5.16. The minimum absolute atomic E-state index is 0.362. The Balaban J connectivity index is 1.15. The van der Waals surface area contributed by atoms with Gasteiger partial charge in [-0.3, -0.25) is 0 Å². The molecule has 0 saturated carbocycles. The fourth-order valence-electron chi connectivity index (χ4n) is 9.36. The van der Waals surface area contributed by atoms with E-state index in [4.69, 9.17) is 0 Å². The highest BCUT2D eigenvalue weighted by Gasteiger charge is 2.35. The molecule has 52 heavy (non-hydrogen) atoms. The molecule has 2 heterocycles. The highest BCUT2D eigenvalue weighted by molar-refractivity contribution is 6.00. The van der Waals surface area contributed by atoms with Crippen LogP contribution >= 0.6 is 0 Å². The van der Waals surface area contributed by atoms with Crippen LogP contribution in [0.15, 0.2) is 157 Å². The van der Waals surface area contributed by atoms with Gasteiger partial charge in [0.15, 0.2) is 0 Å². The lowest BCUT2D eigenvalue weighted by Crippen LogP contribution is -2.25. The van der Waals surface area contributed by atoms with E-state index in [0.717, 1.165) is 45.2 Å². The van der Waals surface area contributed by atoms with E-state index in [2.05, 4.69) is 162 Å². The average Bonchev–Trinajstić information content (AvgIpc) is 3.49. The van der Waals surface area contributed by atoms with E-state index >= 15 is 0 Å². The number of anilines is 4. The third-order valence-corrected chi connectivity index (χ3v) is 11.6. The molecule has 2 heteroatoms. The zero-order chi connectivity index (χ0) is 34.6. The van der Waals surface area contributed by atoms with Crippen molar-refractivity contribution in [3.05, 3.63) is 191 Å². The minimum atomic E-state index is 0.362. The van der Waals surface area contributed by atoms with Gasteiger partial charge in [0.05, 0.1) is 5.69 Å². The summed E-state index contributed by atoms with van der Waals surface area (Å²) in [6.45, 7) is 5.97. The first-order valence-electron chi connectivity index (χ1n) is 18.9. The van der Waals surface area contributed by atoms with Crippen molar-refractivity contribution in [2.75, 3.05) is 22.9 Å². The number of hydrogen-bond acceptors (Lipinski definition) is 2. The summed E-state index contributed by atoms with van der Waals surface area (Å²) in [5.41, 5.74) is 19.2. The van der Waals surface area contributed by atoms with Gasteiger partial charge < -0.3 is 9.80 Å². The molecule has 1 unspecified atom stereocenters. The summed E-state index contributed by atoms with van der Waals surface area (Å²) < 4.78 is 0. The molecule has 0 N–H and O–H groups in total. The van der Waals surface area contributed by atoms with Crippen molar-refractivity contribution in [1.82, 2.24) is 0 Å². The second-order valence-corrected chi connectivity index (χ2v) is 14.8. The van der Waals surface area contributed by atoms with Gasteiger partial charge in [0.1, 0.15) is 0 Å². The van der Waals surface area contributed by atoms with Gasteiger partial charge in [-0.2, -0.15) is 0 Å².